The molecule has 2 aromatic rings. The fraction of sp³-hybridized carbons (Fsp3) is 0.385. The summed E-state index contributed by atoms with van der Waals surface area (Å²) in [6, 6.07) is 5.80. The molecule has 0 saturated heterocycles. The van der Waals surface area contributed by atoms with Gasteiger partial charge in [-0.05, 0) is 17.7 Å². The van der Waals surface area contributed by atoms with E-state index in [1.165, 1.54) is 0 Å². The van der Waals surface area contributed by atoms with E-state index in [0.717, 1.165) is 16.6 Å². The maximum Gasteiger partial charge on any atom is 0.328 e. The Labute approximate surface area is 110 Å². The number of fused-ring (bicyclic) bond motifs is 1. The zero-order valence-corrected chi connectivity index (χ0v) is 11.0. The van der Waals surface area contributed by atoms with E-state index in [1.807, 2.05) is 18.2 Å². The van der Waals surface area contributed by atoms with Gasteiger partial charge in [-0.2, -0.15) is 0 Å². The molecule has 0 aliphatic heterocycles. The Hall–Kier alpha value is -2.08. The van der Waals surface area contributed by atoms with Gasteiger partial charge in [-0.25, -0.2) is 4.79 Å². The Morgan fingerprint density at radius 3 is 2.63 bits per heavy atom. The van der Waals surface area contributed by atoms with Gasteiger partial charge < -0.3 is 10.4 Å². The number of nitrogens with one attached hydrogen (secondary N) is 1. The van der Waals surface area contributed by atoms with E-state index in [-0.39, 0.29) is 12.1 Å². The Bertz CT molecular complexity index is 670. The maximum atomic E-state index is 11.8. The molecule has 6 nitrogen and oxygen atoms in total. The number of hydrogen-bond donors (Lipinski definition) is 2. The van der Waals surface area contributed by atoms with Crippen molar-refractivity contribution in [2.24, 2.45) is 14.1 Å². The highest BCUT2D eigenvalue weighted by molar-refractivity contribution is 5.76. The van der Waals surface area contributed by atoms with Crippen molar-refractivity contribution in [3.8, 4) is 0 Å². The predicted octanol–water partition coefficient (Wildman–Crippen LogP) is 0.441. The summed E-state index contributed by atoms with van der Waals surface area (Å²) >= 11 is 0. The van der Waals surface area contributed by atoms with Gasteiger partial charge in [-0.1, -0.05) is 6.07 Å². The molecule has 0 saturated carbocycles. The first kappa shape index (κ1) is 13.4. The topological polar surface area (TPSA) is 76.3 Å². The number of benzene rings is 1. The highest BCUT2D eigenvalue weighted by Gasteiger charge is 2.07. The standard InChI is InChI=1S/C13H17N3O3/c1-15-10-4-3-9(8-14-6-5-12(17)18)7-11(10)16(2)13(15)19/h3-4,7,14H,5-6,8H2,1-2H3,(H,17,18). The monoisotopic (exact) mass is 263 g/mol. The summed E-state index contributed by atoms with van der Waals surface area (Å²) in [6.45, 7) is 1.02. The minimum atomic E-state index is -0.812. The Kier molecular flexibility index (Phi) is 3.71. The van der Waals surface area contributed by atoms with Gasteiger partial charge in [-0.15, -0.1) is 0 Å². The molecule has 102 valence electrons. The van der Waals surface area contributed by atoms with Gasteiger partial charge in [0.15, 0.2) is 0 Å². The van der Waals surface area contributed by atoms with E-state index in [4.69, 9.17) is 5.11 Å². The minimum Gasteiger partial charge on any atom is -0.481 e. The SMILES string of the molecule is Cn1c(=O)n(C)c2cc(CNCCC(=O)O)ccc21. The average Bonchev–Trinajstić information content (AvgIpc) is 2.60. The van der Waals surface area contributed by atoms with Crippen LogP contribution in [0.2, 0.25) is 0 Å². The summed E-state index contributed by atoms with van der Waals surface area (Å²) in [6.07, 6.45) is 0.103. The third-order valence-corrected chi connectivity index (χ3v) is 3.18. The minimum absolute atomic E-state index is 0.0500. The van der Waals surface area contributed by atoms with Gasteiger partial charge in [0.2, 0.25) is 0 Å². The molecule has 0 bridgehead atoms. The number of carbonyl (C=O) groups is 1. The molecule has 1 aromatic heterocycles. The smallest absolute Gasteiger partial charge is 0.328 e. The van der Waals surface area contributed by atoms with Crippen molar-refractivity contribution < 1.29 is 9.90 Å². The first-order valence-electron chi connectivity index (χ1n) is 6.07. The van der Waals surface area contributed by atoms with Crippen LogP contribution in [-0.2, 0) is 25.4 Å². The number of aliphatic carboxylic acids is 1. The first-order chi connectivity index (χ1) is 9.00. The van der Waals surface area contributed by atoms with Crippen LogP contribution in [0.1, 0.15) is 12.0 Å². The van der Waals surface area contributed by atoms with Crippen LogP contribution in [0, 0.1) is 0 Å². The lowest BCUT2D eigenvalue weighted by atomic mass is 10.2. The second-order valence-electron chi connectivity index (χ2n) is 4.54. The predicted molar refractivity (Wildman–Crippen MR) is 72.1 cm³/mol. The molecule has 1 aromatic carbocycles. The molecule has 0 amide bonds. The number of carboxylic acid groups (broad SMARTS) is 1. The van der Waals surface area contributed by atoms with Crippen LogP contribution in [0.15, 0.2) is 23.0 Å². The Morgan fingerprint density at radius 2 is 1.95 bits per heavy atom. The molecular weight excluding hydrogens is 246 g/mol. The van der Waals surface area contributed by atoms with Crippen LogP contribution < -0.4 is 11.0 Å². The molecule has 0 unspecified atom stereocenters. The van der Waals surface area contributed by atoms with Gasteiger partial charge in [0, 0.05) is 27.2 Å². The van der Waals surface area contributed by atoms with E-state index < -0.39 is 5.97 Å². The van der Waals surface area contributed by atoms with E-state index in [0.29, 0.717) is 13.1 Å². The van der Waals surface area contributed by atoms with Crippen LogP contribution in [0.3, 0.4) is 0 Å². The third-order valence-electron chi connectivity index (χ3n) is 3.18. The second kappa shape index (κ2) is 5.27. The molecule has 0 atom stereocenters. The molecule has 0 radical (unpaired) electrons. The number of carboxylic acids is 1. The number of imidazole rings is 1. The van der Waals surface area contributed by atoms with Crippen molar-refractivity contribution >= 4 is 17.0 Å². The molecular formula is C13H17N3O3. The zero-order chi connectivity index (χ0) is 14.0. The highest BCUT2D eigenvalue weighted by atomic mass is 16.4. The van der Waals surface area contributed by atoms with Gasteiger partial charge in [0.1, 0.15) is 0 Å². The quantitative estimate of drug-likeness (QED) is 0.768. The zero-order valence-electron chi connectivity index (χ0n) is 11.0. The van der Waals surface area contributed by atoms with Gasteiger partial charge in [0.05, 0.1) is 17.5 Å². The summed E-state index contributed by atoms with van der Waals surface area (Å²) in [4.78, 5) is 22.2. The number of aryl methyl sites for hydroxylation is 2. The lowest BCUT2D eigenvalue weighted by molar-refractivity contribution is -0.136. The van der Waals surface area contributed by atoms with Crippen LogP contribution in [0.4, 0.5) is 0 Å². The second-order valence-corrected chi connectivity index (χ2v) is 4.54. The van der Waals surface area contributed by atoms with Crippen molar-refractivity contribution in [2.45, 2.75) is 13.0 Å². The number of aromatic nitrogens is 2. The number of nitrogens with zero attached hydrogens (tertiary/aromatic N) is 2. The molecule has 1 heterocycles. The van der Waals surface area contributed by atoms with Crippen LogP contribution in [-0.4, -0.2) is 26.8 Å². The number of hydrogen-bond acceptors (Lipinski definition) is 3. The highest BCUT2D eigenvalue weighted by Crippen LogP contribution is 2.13. The lowest BCUT2D eigenvalue weighted by Gasteiger charge is -2.04. The summed E-state index contributed by atoms with van der Waals surface area (Å²) in [5.41, 5.74) is 2.75. The van der Waals surface area contributed by atoms with Gasteiger partial charge >= 0.3 is 11.7 Å². The van der Waals surface area contributed by atoms with E-state index >= 15 is 0 Å². The first-order valence-corrected chi connectivity index (χ1v) is 6.07. The Morgan fingerprint density at radius 1 is 1.26 bits per heavy atom. The largest absolute Gasteiger partial charge is 0.481 e. The van der Waals surface area contributed by atoms with Gasteiger partial charge in [-0.3, -0.25) is 13.9 Å². The Balaban J connectivity index is 2.16. The lowest BCUT2D eigenvalue weighted by Crippen LogP contribution is -2.19. The summed E-state index contributed by atoms with van der Waals surface area (Å²) in [5.74, 6) is -0.812. The fourth-order valence-corrected chi connectivity index (χ4v) is 2.09. The summed E-state index contributed by atoms with van der Waals surface area (Å²) in [7, 11) is 3.49. The molecule has 2 rings (SSSR count). The summed E-state index contributed by atoms with van der Waals surface area (Å²) in [5, 5.41) is 11.6. The van der Waals surface area contributed by atoms with Crippen LogP contribution >= 0.6 is 0 Å². The molecule has 0 fully saturated rings. The van der Waals surface area contributed by atoms with Crippen molar-refractivity contribution in [3.63, 3.8) is 0 Å². The van der Waals surface area contributed by atoms with E-state index in [9.17, 15) is 9.59 Å². The van der Waals surface area contributed by atoms with Crippen molar-refractivity contribution in [2.75, 3.05) is 6.54 Å². The van der Waals surface area contributed by atoms with Crippen molar-refractivity contribution in [3.05, 3.63) is 34.2 Å². The molecule has 6 heteroatoms. The molecule has 19 heavy (non-hydrogen) atoms. The molecule has 2 N–H and O–H groups in total. The van der Waals surface area contributed by atoms with Gasteiger partial charge in [0.25, 0.3) is 0 Å². The molecule has 0 spiro atoms. The summed E-state index contributed by atoms with van der Waals surface area (Å²) < 4.78 is 3.22. The average molecular weight is 263 g/mol. The van der Waals surface area contributed by atoms with Crippen LogP contribution in [0.5, 0.6) is 0 Å². The van der Waals surface area contributed by atoms with E-state index in [2.05, 4.69) is 5.32 Å². The van der Waals surface area contributed by atoms with Crippen LogP contribution in [0.25, 0.3) is 11.0 Å². The molecule has 0 aliphatic rings. The molecule has 0 aliphatic carbocycles. The van der Waals surface area contributed by atoms with Crippen molar-refractivity contribution in [1.82, 2.24) is 14.5 Å². The van der Waals surface area contributed by atoms with E-state index in [1.54, 1.807) is 23.2 Å². The fourth-order valence-electron chi connectivity index (χ4n) is 2.09. The maximum absolute atomic E-state index is 11.8. The van der Waals surface area contributed by atoms with Crippen molar-refractivity contribution in [1.29, 1.82) is 0 Å². The normalized spacial score (nSPS) is 11.1. The third kappa shape index (κ3) is 2.68. The number of rotatable bonds is 5.